The van der Waals surface area contributed by atoms with Crippen molar-refractivity contribution >= 4 is 23.2 Å². The number of hydrogen-bond donors (Lipinski definition) is 0. The van der Waals surface area contributed by atoms with Gasteiger partial charge in [0.05, 0.1) is 17.8 Å². The van der Waals surface area contributed by atoms with E-state index in [4.69, 9.17) is 16.3 Å². The highest BCUT2D eigenvalue weighted by atomic mass is 35.5. The number of hydrogen-bond acceptors (Lipinski definition) is 5. The van der Waals surface area contributed by atoms with E-state index >= 15 is 0 Å². The van der Waals surface area contributed by atoms with Gasteiger partial charge in [0.15, 0.2) is 0 Å². The Kier molecular flexibility index (Phi) is 6.13. The van der Waals surface area contributed by atoms with E-state index in [9.17, 15) is 4.79 Å². The molecular weight excluding hydrogens is 414 g/mol. The molecule has 7 nitrogen and oxygen atoms in total. The SMILES string of the molecule is COc1cc(N2CCN(C(=O)Cn3nc(-c4ccncc4)c(Cl)c3C)CC2)ccc1C. The highest BCUT2D eigenvalue weighted by Gasteiger charge is 2.24. The fourth-order valence-electron chi connectivity index (χ4n) is 3.82. The third-order valence-electron chi connectivity index (χ3n) is 5.76. The number of rotatable bonds is 5. The summed E-state index contributed by atoms with van der Waals surface area (Å²) in [5, 5.41) is 5.16. The summed E-state index contributed by atoms with van der Waals surface area (Å²) in [6.45, 7) is 6.98. The van der Waals surface area contributed by atoms with E-state index in [1.807, 2.05) is 30.9 Å². The Morgan fingerprint density at radius 1 is 1.10 bits per heavy atom. The number of carbonyl (C=O) groups excluding carboxylic acids is 1. The maximum Gasteiger partial charge on any atom is 0.244 e. The molecule has 3 aromatic rings. The zero-order valence-electron chi connectivity index (χ0n) is 18.0. The number of nitrogens with zero attached hydrogens (tertiary/aromatic N) is 5. The van der Waals surface area contributed by atoms with Crippen molar-refractivity contribution in [1.82, 2.24) is 19.7 Å². The smallest absolute Gasteiger partial charge is 0.244 e. The van der Waals surface area contributed by atoms with Crippen LogP contribution in [0.15, 0.2) is 42.7 Å². The molecule has 0 aliphatic carbocycles. The fraction of sp³-hybridized carbons (Fsp3) is 0.348. The number of amides is 1. The average Bonchev–Trinajstić information content (AvgIpc) is 3.08. The Hall–Kier alpha value is -3.06. The van der Waals surface area contributed by atoms with Crippen LogP contribution in [0.25, 0.3) is 11.3 Å². The minimum Gasteiger partial charge on any atom is -0.496 e. The molecule has 162 valence electrons. The van der Waals surface area contributed by atoms with E-state index in [0.717, 1.165) is 41.3 Å². The van der Waals surface area contributed by atoms with E-state index in [-0.39, 0.29) is 12.5 Å². The lowest BCUT2D eigenvalue weighted by molar-refractivity contribution is -0.132. The predicted molar refractivity (Wildman–Crippen MR) is 122 cm³/mol. The topological polar surface area (TPSA) is 63.5 Å². The minimum absolute atomic E-state index is 0.0460. The molecule has 0 bridgehead atoms. The van der Waals surface area contributed by atoms with E-state index < -0.39 is 0 Å². The minimum atomic E-state index is 0.0460. The standard InChI is InChI=1S/C23H26ClN5O2/c1-16-4-5-19(14-20(16)31-3)27-10-12-28(13-11-27)21(30)15-29-17(2)22(24)23(26-29)18-6-8-25-9-7-18/h4-9,14H,10-13,15H2,1-3H3. The molecule has 0 radical (unpaired) electrons. The van der Waals surface area contributed by atoms with Gasteiger partial charge in [-0.15, -0.1) is 0 Å². The van der Waals surface area contributed by atoms with Crippen molar-refractivity contribution in [1.29, 1.82) is 0 Å². The van der Waals surface area contributed by atoms with Crippen molar-refractivity contribution in [2.75, 3.05) is 38.2 Å². The molecule has 0 N–H and O–H groups in total. The van der Waals surface area contributed by atoms with Crippen molar-refractivity contribution in [2.24, 2.45) is 0 Å². The van der Waals surface area contributed by atoms with Crippen LogP contribution >= 0.6 is 11.6 Å². The fourth-order valence-corrected chi connectivity index (χ4v) is 4.06. The van der Waals surface area contributed by atoms with Gasteiger partial charge in [0, 0.05) is 55.9 Å². The molecule has 8 heteroatoms. The molecule has 1 aliphatic rings. The number of aromatic nitrogens is 3. The summed E-state index contributed by atoms with van der Waals surface area (Å²) in [7, 11) is 1.69. The lowest BCUT2D eigenvalue weighted by Gasteiger charge is -2.36. The Bertz CT molecular complexity index is 1080. The van der Waals surface area contributed by atoms with Gasteiger partial charge in [0.1, 0.15) is 18.0 Å². The number of aryl methyl sites for hydroxylation is 1. The largest absolute Gasteiger partial charge is 0.496 e. The van der Waals surface area contributed by atoms with Gasteiger partial charge in [-0.05, 0) is 37.6 Å². The van der Waals surface area contributed by atoms with Crippen LogP contribution in [-0.4, -0.2) is 58.9 Å². The molecular formula is C23H26ClN5O2. The van der Waals surface area contributed by atoms with E-state index in [1.165, 1.54) is 0 Å². The van der Waals surface area contributed by atoms with Crippen molar-refractivity contribution in [3.63, 3.8) is 0 Å². The highest BCUT2D eigenvalue weighted by molar-refractivity contribution is 6.33. The molecule has 3 heterocycles. The average molecular weight is 440 g/mol. The second-order valence-corrected chi connectivity index (χ2v) is 8.04. The van der Waals surface area contributed by atoms with Crippen molar-refractivity contribution < 1.29 is 9.53 Å². The second-order valence-electron chi connectivity index (χ2n) is 7.66. The second kappa shape index (κ2) is 8.98. The number of anilines is 1. The maximum absolute atomic E-state index is 12.9. The van der Waals surface area contributed by atoms with Crippen molar-refractivity contribution in [3.05, 3.63) is 59.0 Å². The predicted octanol–water partition coefficient (Wildman–Crippen LogP) is 3.57. The van der Waals surface area contributed by atoms with Crippen LogP contribution in [0.1, 0.15) is 11.3 Å². The Morgan fingerprint density at radius 3 is 2.48 bits per heavy atom. The van der Waals surface area contributed by atoms with Gasteiger partial charge in [-0.3, -0.25) is 14.5 Å². The summed E-state index contributed by atoms with van der Waals surface area (Å²) in [5.74, 6) is 0.928. The highest BCUT2D eigenvalue weighted by Crippen LogP contribution is 2.29. The lowest BCUT2D eigenvalue weighted by atomic mass is 10.1. The number of ether oxygens (including phenoxy) is 1. The number of carbonyl (C=O) groups is 1. The zero-order chi connectivity index (χ0) is 22.0. The van der Waals surface area contributed by atoms with Crippen LogP contribution in [0.4, 0.5) is 5.69 Å². The molecule has 1 aromatic carbocycles. The molecule has 31 heavy (non-hydrogen) atoms. The third kappa shape index (κ3) is 4.37. The van der Waals surface area contributed by atoms with Gasteiger partial charge in [-0.25, -0.2) is 0 Å². The molecule has 1 amide bonds. The monoisotopic (exact) mass is 439 g/mol. The van der Waals surface area contributed by atoms with Crippen LogP contribution in [0.3, 0.4) is 0 Å². The summed E-state index contributed by atoms with van der Waals surface area (Å²) in [5.41, 5.74) is 4.57. The summed E-state index contributed by atoms with van der Waals surface area (Å²) < 4.78 is 7.13. The van der Waals surface area contributed by atoms with Crippen LogP contribution in [-0.2, 0) is 11.3 Å². The molecule has 0 spiro atoms. The molecule has 1 aliphatic heterocycles. The summed E-state index contributed by atoms with van der Waals surface area (Å²) >= 11 is 6.49. The molecule has 2 aromatic heterocycles. The van der Waals surface area contributed by atoms with Crippen molar-refractivity contribution in [2.45, 2.75) is 20.4 Å². The van der Waals surface area contributed by atoms with E-state index in [0.29, 0.717) is 23.8 Å². The summed E-state index contributed by atoms with van der Waals surface area (Å²) in [4.78, 5) is 21.1. The number of halogens is 1. The molecule has 0 saturated carbocycles. The maximum atomic E-state index is 12.9. The Labute approximate surface area is 187 Å². The Morgan fingerprint density at radius 2 is 1.81 bits per heavy atom. The first-order chi connectivity index (χ1) is 15.0. The van der Waals surface area contributed by atoms with Gasteiger partial charge in [-0.1, -0.05) is 17.7 Å². The van der Waals surface area contributed by atoms with Crippen LogP contribution in [0.5, 0.6) is 5.75 Å². The Balaban J connectivity index is 1.41. The van der Waals surface area contributed by atoms with Crippen molar-refractivity contribution in [3.8, 4) is 17.0 Å². The number of benzene rings is 1. The zero-order valence-corrected chi connectivity index (χ0v) is 18.8. The molecule has 1 fully saturated rings. The van der Waals surface area contributed by atoms with Gasteiger partial charge >= 0.3 is 0 Å². The number of piperazine rings is 1. The van der Waals surface area contributed by atoms with Gasteiger partial charge in [-0.2, -0.15) is 5.10 Å². The van der Waals surface area contributed by atoms with Crippen LogP contribution < -0.4 is 9.64 Å². The molecule has 4 rings (SSSR count). The quantitative estimate of drug-likeness (QED) is 0.608. The molecule has 0 atom stereocenters. The first-order valence-corrected chi connectivity index (χ1v) is 10.7. The number of pyridine rings is 1. The lowest BCUT2D eigenvalue weighted by Crippen LogP contribution is -2.49. The third-order valence-corrected chi connectivity index (χ3v) is 6.21. The molecule has 1 saturated heterocycles. The first kappa shape index (κ1) is 21.2. The van der Waals surface area contributed by atoms with Gasteiger partial charge in [0.25, 0.3) is 0 Å². The van der Waals surface area contributed by atoms with Crippen LogP contribution in [0.2, 0.25) is 5.02 Å². The molecule has 0 unspecified atom stereocenters. The van der Waals surface area contributed by atoms with Gasteiger partial charge in [0.2, 0.25) is 5.91 Å². The first-order valence-electron chi connectivity index (χ1n) is 10.3. The summed E-state index contributed by atoms with van der Waals surface area (Å²) in [6, 6.07) is 9.95. The number of methoxy groups -OCH3 is 1. The van der Waals surface area contributed by atoms with Gasteiger partial charge < -0.3 is 14.5 Å². The van der Waals surface area contributed by atoms with E-state index in [1.54, 1.807) is 24.2 Å². The summed E-state index contributed by atoms with van der Waals surface area (Å²) in [6.07, 6.45) is 3.41. The van der Waals surface area contributed by atoms with Crippen LogP contribution in [0, 0.1) is 13.8 Å². The normalized spacial score (nSPS) is 14.1. The van der Waals surface area contributed by atoms with E-state index in [2.05, 4.69) is 33.2 Å².